The van der Waals surface area contributed by atoms with E-state index in [9.17, 15) is 34.5 Å². The third-order valence-electron chi connectivity index (χ3n) is 13.5. The molecule has 5 aliphatic heterocycles. The minimum atomic E-state index is -2.10. The number of aliphatic hydroxyl groups excluding tert-OH is 2. The van der Waals surface area contributed by atoms with E-state index in [1.165, 1.54) is 53.2 Å². The molecule has 17 nitrogen and oxygen atoms in total. The smallest absolute Gasteiger partial charge is 0.312 e. The number of aliphatic hydroxyl groups is 2. The molecule has 5 bridgehead atoms. The first-order valence-corrected chi connectivity index (χ1v) is 22.2. The van der Waals surface area contributed by atoms with Crippen LogP contribution >= 0.6 is 0 Å². The second-order valence-corrected chi connectivity index (χ2v) is 18.0. The summed E-state index contributed by atoms with van der Waals surface area (Å²) in [7, 11) is 1.43. The van der Waals surface area contributed by atoms with Crippen molar-refractivity contribution in [3.05, 3.63) is 93.5 Å². The molecule has 17 heteroatoms. The number of nitrogens with zero attached hydrogens (tertiary/aromatic N) is 2. The van der Waals surface area contributed by atoms with Crippen LogP contribution in [0.15, 0.2) is 65.7 Å². The first kappa shape index (κ1) is 47.9. The van der Waals surface area contributed by atoms with E-state index in [4.69, 9.17) is 28.4 Å². The van der Waals surface area contributed by atoms with Crippen molar-refractivity contribution in [2.45, 2.75) is 92.1 Å². The number of carbonyl (C=O) groups excluding carboxylic acids is 5. The molecule has 1 saturated heterocycles. The third kappa shape index (κ3) is 8.96. The number of piperazine rings is 1. The number of nitrogens with one attached hydrogen (secondary N) is 1. The molecule has 0 aromatic heterocycles. The van der Waals surface area contributed by atoms with Gasteiger partial charge in [0.25, 0.3) is 11.7 Å². The Morgan fingerprint density at radius 2 is 1.59 bits per heavy atom. The van der Waals surface area contributed by atoms with Crippen LogP contribution in [0.3, 0.4) is 0 Å². The summed E-state index contributed by atoms with van der Waals surface area (Å²) in [4.78, 5) is 74.8. The molecule has 8 rings (SSSR count). The van der Waals surface area contributed by atoms with Crippen LogP contribution in [0, 0.1) is 30.6 Å². The number of amides is 1. The summed E-state index contributed by atoms with van der Waals surface area (Å²) < 4.78 is 34.7. The molecule has 354 valence electrons. The summed E-state index contributed by atoms with van der Waals surface area (Å²) in [6.45, 7) is 14.6. The molecule has 1 amide bonds. The molecular formula is C49H59N3O14. The number of fused-ring (bicyclic) bond motifs is 15. The lowest BCUT2D eigenvalue weighted by molar-refractivity contribution is -0.160. The van der Waals surface area contributed by atoms with Crippen molar-refractivity contribution < 1.29 is 67.7 Å². The third-order valence-corrected chi connectivity index (χ3v) is 13.5. The number of allylic oxidation sites excluding steroid dienone is 4. The Labute approximate surface area is 383 Å². The maximum Gasteiger partial charge on any atom is 0.312 e. The number of esters is 1. The Balaban J connectivity index is 1.29. The van der Waals surface area contributed by atoms with Gasteiger partial charge >= 0.3 is 11.8 Å². The summed E-state index contributed by atoms with van der Waals surface area (Å²) in [6, 6.07) is 5.72. The molecule has 1 aliphatic carbocycles. The highest BCUT2D eigenvalue weighted by Gasteiger charge is 2.53. The topological polar surface area (TPSA) is 220 Å². The highest BCUT2D eigenvalue weighted by molar-refractivity contribution is 6.32. The number of hydrogen-bond donors (Lipinski definition) is 4. The second kappa shape index (κ2) is 19.1. The van der Waals surface area contributed by atoms with Crippen LogP contribution in [0.4, 0.5) is 0 Å². The lowest BCUT2D eigenvalue weighted by atomic mass is 9.78. The number of ketones is 3. The van der Waals surface area contributed by atoms with Gasteiger partial charge in [-0.05, 0) is 37.6 Å². The SMILES string of the molecule is CO[C@H]1/C=C/O[C@@]2(C)Oc3c(C)c(O)c4c(c3C2=O)C(=O)C(N2CCN(Cc3ccc5c(c3)OCO5)CC2)=C(NC(=O)/C(C)=C\C=C\[C@H](C)[C@H](O)[C@@H](C)[C@H](O)[C@H](C)[C@H](OC(C)=O)[C@@H]1C)C4=O. The van der Waals surface area contributed by atoms with Gasteiger partial charge in [0.2, 0.25) is 18.4 Å². The molecule has 66 heavy (non-hydrogen) atoms. The van der Waals surface area contributed by atoms with Crippen molar-refractivity contribution in [3.63, 3.8) is 0 Å². The monoisotopic (exact) mass is 913 g/mol. The Kier molecular flexibility index (Phi) is 13.9. The fraction of sp³-hybridized carbons (Fsp3) is 0.490. The zero-order chi connectivity index (χ0) is 47.9. The molecule has 0 spiro atoms. The highest BCUT2D eigenvalue weighted by Crippen LogP contribution is 2.49. The van der Waals surface area contributed by atoms with E-state index in [-0.39, 0.29) is 59.3 Å². The summed E-state index contributed by atoms with van der Waals surface area (Å²) in [5, 5.41) is 37.4. The minimum Gasteiger partial charge on any atom is -0.507 e. The lowest BCUT2D eigenvalue weighted by Gasteiger charge is -2.39. The Bertz CT molecular complexity index is 2430. The van der Waals surface area contributed by atoms with E-state index in [1.54, 1.807) is 44.7 Å². The summed E-state index contributed by atoms with van der Waals surface area (Å²) in [6.07, 6.45) is 3.44. The first-order chi connectivity index (χ1) is 31.3. The Hall–Kier alpha value is -6.01. The molecule has 6 aliphatic rings. The number of phenolic OH excluding ortho intramolecular Hbond substituents is 1. The minimum absolute atomic E-state index is 0.00163. The van der Waals surface area contributed by atoms with Crippen molar-refractivity contribution in [1.82, 2.24) is 15.1 Å². The van der Waals surface area contributed by atoms with Crippen molar-refractivity contribution in [2.24, 2.45) is 23.7 Å². The van der Waals surface area contributed by atoms with Gasteiger partial charge in [0.1, 0.15) is 29.0 Å². The van der Waals surface area contributed by atoms with Crippen molar-refractivity contribution in [3.8, 4) is 23.0 Å². The van der Waals surface area contributed by atoms with Crippen LogP contribution in [0.25, 0.3) is 0 Å². The van der Waals surface area contributed by atoms with Gasteiger partial charge < -0.3 is 54.0 Å². The van der Waals surface area contributed by atoms with Gasteiger partial charge in [-0.3, -0.25) is 28.9 Å². The van der Waals surface area contributed by atoms with Crippen LogP contribution in [0.1, 0.15) is 90.7 Å². The van der Waals surface area contributed by atoms with Crippen LogP contribution in [0.2, 0.25) is 0 Å². The van der Waals surface area contributed by atoms with E-state index in [0.29, 0.717) is 31.1 Å². The molecule has 2 aromatic carbocycles. The number of methoxy groups -OCH3 is 1. The average molecular weight is 914 g/mol. The van der Waals surface area contributed by atoms with Gasteiger partial charge in [-0.15, -0.1) is 0 Å². The molecule has 0 unspecified atom stereocenters. The largest absolute Gasteiger partial charge is 0.507 e. The van der Waals surface area contributed by atoms with Gasteiger partial charge in [0.15, 0.2) is 11.5 Å². The number of phenols is 1. The number of benzene rings is 2. The standard InChI is InChI=1S/C49H59N3O14/c1-24-11-10-12-25(2)48(60)50-38-39(52-18-16-51(17-19-52)22-31-13-14-33-34(21-31)63-23-62-33)44(58)35-36(43(38)57)42(56)29(6)46-37(35)47(59)49(8,66-46)64-20-15-32(61-9)26(3)45(65-30(7)53)28(5)41(55)27(4)40(24)54/h10-15,20-21,24,26-28,32,40-41,45,54-56H,16-19,22-23H2,1-9H3,(H,50,60)/b11-10+,20-15+,25-12-/t24-,26+,27+,28-,32-,40-,41-,45+,49-/m0/s1. The highest BCUT2D eigenvalue weighted by atomic mass is 16.7. The van der Waals surface area contributed by atoms with E-state index < -0.39 is 94.4 Å². The fourth-order valence-corrected chi connectivity index (χ4v) is 9.40. The summed E-state index contributed by atoms with van der Waals surface area (Å²) in [5.74, 6) is -7.85. The maximum absolute atomic E-state index is 15.1. The fourth-order valence-electron chi connectivity index (χ4n) is 9.40. The lowest BCUT2D eigenvalue weighted by Crippen LogP contribution is -2.49. The number of Topliss-reactive ketones (excluding diaryl/α,β-unsaturated/α-hetero) is 3. The quantitative estimate of drug-likeness (QED) is 0.304. The summed E-state index contributed by atoms with van der Waals surface area (Å²) >= 11 is 0. The summed E-state index contributed by atoms with van der Waals surface area (Å²) in [5.41, 5.74) is -0.464. The molecule has 9 atom stereocenters. The molecule has 4 N–H and O–H groups in total. The van der Waals surface area contributed by atoms with Crippen LogP contribution in [0.5, 0.6) is 23.0 Å². The zero-order valence-corrected chi connectivity index (χ0v) is 38.7. The van der Waals surface area contributed by atoms with E-state index >= 15 is 4.79 Å². The number of hydrogen-bond acceptors (Lipinski definition) is 16. The molecule has 0 saturated carbocycles. The van der Waals surface area contributed by atoms with Crippen LogP contribution in [-0.2, 0) is 30.3 Å². The zero-order valence-electron chi connectivity index (χ0n) is 38.7. The van der Waals surface area contributed by atoms with E-state index in [2.05, 4.69) is 10.2 Å². The normalized spacial score (nSPS) is 31.4. The van der Waals surface area contributed by atoms with Crippen molar-refractivity contribution >= 4 is 29.2 Å². The molecule has 1 fully saturated rings. The number of rotatable bonds is 5. The van der Waals surface area contributed by atoms with Gasteiger partial charge in [0, 0.05) is 88.5 Å². The van der Waals surface area contributed by atoms with Gasteiger partial charge in [-0.2, -0.15) is 0 Å². The van der Waals surface area contributed by atoms with Gasteiger partial charge in [-0.1, -0.05) is 52.0 Å². The number of aromatic hydroxyl groups is 1. The first-order valence-electron chi connectivity index (χ1n) is 22.2. The average Bonchev–Trinajstić information content (AvgIpc) is 3.87. The second-order valence-electron chi connectivity index (χ2n) is 18.0. The molecule has 5 heterocycles. The maximum atomic E-state index is 15.1. The number of carbonyl (C=O) groups is 5. The van der Waals surface area contributed by atoms with Crippen LogP contribution in [-0.4, -0.2) is 125 Å². The Morgan fingerprint density at radius 3 is 2.27 bits per heavy atom. The van der Waals surface area contributed by atoms with Gasteiger partial charge in [0.05, 0.1) is 41.3 Å². The van der Waals surface area contributed by atoms with Crippen molar-refractivity contribution in [2.75, 3.05) is 40.1 Å². The predicted octanol–water partition coefficient (Wildman–Crippen LogP) is 4.50. The molecular weight excluding hydrogens is 855 g/mol. The number of ether oxygens (including phenoxy) is 6. The van der Waals surface area contributed by atoms with Crippen LogP contribution < -0.4 is 19.5 Å². The molecule has 2 aromatic rings. The van der Waals surface area contributed by atoms with Crippen molar-refractivity contribution in [1.29, 1.82) is 0 Å². The predicted molar refractivity (Wildman–Crippen MR) is 238 cm³/mol. The van der Waals surface area contributed by atoms with E-state index in [1.807, 2.05) is 18.2 Å². The molecule has 0 radical (unpaired) electrons. The van der Waals surface area contributed by atoms with Gasteiger partial charge in [-0.25, -0.2) is 0 Å². The van der Waals surface area contributed by atoms with E-state index in [0.717, 1.165) is 5.56 Å². The Morgan fingerprint density at radius 1 is 0.894 bits per heavy atom.